The van der Waals surface area contributed by atoms with Gasteiger partial charge in [0.1, 0.15) is 5.82 Å². The van der Waals surface area contributed by atoms with Crippen molar-refractivity contribution in [2.24, 2.45) is 7.05 Å². The molecule has 0 bridgehead atoms. The standard InChI is InChI=1S/C13H13N5O2/c1-8-10(12-16-17(2)13(19)20-12)15-18(11(8)14)9-6-4-3-5-7-9/h3-7H,14H2,1-2H3. The summed E-state index contributed by atoms with van der Waals surface area (Å²) in [5.41, 5.74) is 8.08. The van der Waals surface area contributed by atoms with Crippen LogP contribution in [-0.4, -0.2) is 19.6 Å². The van der Waals surface area contributed by atoms with Crippen LogP contribution < -0.4 is 11.5 Å². The highest BCUT2D eigenvalue weighted by molar-refractivity contribution is 5.62. The highest BCUT2D eigenvalue weighted by Crippen LogP contribution is 2.26. The summed E-state index contributed by atoms with van der Waals surface area (Å²) < 4.78 is 7.76. The number of nitrogens with zero attached hydrogens (tertiary/aromatic N) is 4. The summed E-state index contributed by atoms with van der Waals surface area (Å²) in [4.78, 5) is 11.4. The Morgan fingerprint density at radius 3 is 2.50 bits per heavy atom. The number of benzene rings is 1. The van der Waals surface area contributed by atoms with Crippen molar-refractivity contribution in [1.82, 2.24) is 19.6 Å². The highest BCUT2D eigenvalue weighted by Gasteiger charge is 2.19. The fourth-order valence-electron chi connectivity index (χ4n) is 1.92. The minimum Gasteiger partial charge on any atom is -0.386 e. The molecule has 102 valence electrons. The number of aryl methyl sites for hydroxylation is 1. The van der Waals surface area contributed by atoms with E-state index in [0.717, 1.165) is 15.9 Å². The normalized spacial score (nSPS) is 10.9. The molecule has 0 unspecified atom stereocenters. The molecule has 3 aromatic rings. The van der Waals surface area contributed by atoms with Gasteiger partial charge >= 0.3 is 5.76 Å². The zero-order chi connectivity index (χ0) is 14.3. The minimum atomic E-state index is -0.535. The number of para-hydroxylation sites is 1. The molecule has 2 aromatic heterocycles. The van der Waals surface area contributed by atoms with Crippen LogP contribution in [-0.2, 0) is 7.05 Å². The van der Waals surface area contributed by atoms with Crippen molar-refractivity contribution in [3.8, 4) is 17.3 Å². The average Bonchev–Trinajstić information content (AvgIpc) is 2.93. The Labute approximate surface area is 114 Å². The van der Waals surface area contributed by atoms with Crippen molar-refractivity contribution in [1.29, 1.82) is 0 Å². The maximum atomic E-state index is 11.4. The van der Waals surface area contributed by atoms with Crippen LogP contribution in [0.25, 0.3) is 17.3 Å². The van der Waals surface area contributed by atoms with Crippen molar-refractivity contribution in [2.45, 2.75) is 6.92 Å². The zero-order valence-corrected chi connectivity index (χ0v) is 11.1. The van der Waals surface area contributed by atoms with Crippen molar-refractivity contribution in [3.63, 3.8) is 0 Å². The first-order valence-electron chi connectivity index (χ1n) is 6.03. The molecule has 20 heavy (non-hydrogen) atoms. The average molecular weight is 271 g/mol. The topological polar surface area (TPSA) is 91.9 Å². The Hall–Kier alpha value is -2.83. The van der Waals surface area contributed by atoms with Gasteiger partial charge in [0.25, 0.3) is 5.89 Å². The number of nitrogen functional groups attached to an aromatic ring is 1. The monoisotopic (exact) mass is 271 g/mol. The Bertz CT molecular complexity index is 813. The predicted octanol–water partition coefficient (Wildman–Crippen LogP) is 1.12. The van der Waals surface area contributed by atoms with Gasteiger partial charge in [-0.25, -0.2) is 9.48 Å². The van der Waals surface area contributed by atoms with Crippen LogP contribution in [0.1, 0.15) is 5.56 Å². The van der Waals surface area contributed by atoms with Gasteiger partial charge in [0.2, 0.25) is 0 Å². The molecular formula is C13H13N5O2. The number of aromatic nitrogens is 4. The fraction of sp³-hybridized carbons (Fsp3) is 0.154. The second kappa shape index (κ2) is 4.37. The van der Waals surface area contributed by atoms with Crippen molar-refractivity contribution in [2.75, 3.05) is 5.73 Å². The molecule has 0 saturated heterocycles. The summed E-state index contributed by atoms with van der Waals surface area (Å²) >= 11 is 0. The summed E-state index contributed by atoms with van der Waals surface area (Å²) in [5.74, 6) is 0.114. The van der Waals surface area contributed by atoms with E-state index in [1.54, 1.807) is 4.68 Å². The first kappa shape index (κ1) is 12.2. The van der Waals surface area contributed by atoms with Crippen LogP contribution in [0.3, 0.4) is 0 Å². The van der Waals surface area contributed by atoms with Crippen LogP contribution in [0.4, 0.5) is 5.82 Å². The summed E-state index contributed by atoms with van der Waals surface area (Å²) in [7, 11) is 1.52. The van der Waals surface area contributed by atoms with Crippen molar-refractivity contribution < 1.29 is 4.42 Å². The van der Waals surface area contributed by atoms with Gasteiger partial charge in [-0.2, -0.15) is 9.78 Å². The van der Waals surface area contributed by atoms with E-state index in [0.29, 0.717) is 11.5 Å². The molecule has 0 aliphatic carbocycles. The number of rotatable bonds is 2. The van der Waals surface area contributed by atoms with E-state index in [-0.39, 0.29) is 5.89 Å². The smallest absolute Gasteiger partial charge is 0.386 e. The molecule has 0 radical (unpaired) electrons. The third-order valence-corrected chi connectivity index (χ3v) is 3.06. The summed E-state index contributed by atoms with van der Waals surface area (Å²) in [6.07, 6.45) is 0. The molecule has 2 N–H and O–H groups in total. The van der Waals surface area contributed by atoms with Crippen molar-refractivity contribution >= 4 is 5.82 Å². The van der Waals surface area contributed by atoms with E-state index < -0.39 is 5.76 Å². The minimum absolute atomic E-state index is 0.163. The lowest BCUT2D eigenvalue weighted by Gasteiger charge is -2.02. The van der Waals surface area contributed by atoms with Crippen LogP contribution in [0.2, 0.25) is 0 Å². The number of anilines is 1. The Morgan fingerprint density at radius 2 is 1.90 bits per heavy atom. The third-order valence-electron chi connectivity index (χ3n) is 3.06. The Morgan fingerprint density at radius 1 is 1.20 bits per heavy atom. The molecule has 0 saturated carbocycles. The zero-order valence-electron chi connectivity index (χ0n) is 11.1. The lowest BCUT2D eigenvalue weighted by atomic mass is 10.2. The molecule has 0 aliphatic rings. The van der Waals surface area contributed by atoms with Gasteiger partial charge in [-0.1, -0.05) is 18.2 Å². The van der Waals surface area contributed by atoms with Crippen LogP contribution in [0, 0.1) is 6.92 Å². The largest absolute Gasteiger partial charge is 0.437 e. The second-order valence-electron chi connectivity index (χ2n) is 4.40. The Balaban J connectivity index is 2.18. The van der Waals surface area contributed by atoms with E-state index in [4.69, 9.17) is 10.2 Å². The molecule has 7 nitrogen and oxygen atoms in total. The number of nitrogens with two attached hydrogens (primary N) is 1. The van der Waals surface area contributed by atoms with Crippen LogP contribution in [0.5, 0.6) is 0 Å². The van der Waals surface area contributed by atoms with Gasteiger partial charge in [-0.3, -0.25) is 0 Å². The maximum Gasteiger partial charge on any atom is 0.437 e. The van der Waals surface area contributed by atoms with Crippen molar-refractivity contribution in [3.05, 3.63) is 46.4 Å². The second-order valence-corrected chi connectivity index (χ2v) is 4.40. The lowest BCUT2D eigenvalue weighted by Crippen LogP contribution is -2.09. The molecule has 0 aliphatic heterocycles. The molecular weight excluding hydrogens is 258 g/mol. The third kappa shape index (κ3) is 1.80. The number of hydrogen-bond donors (Lipinski definition) is 1. The lowest BCUT2D eigenvalue weighted by molar-refractivity contribution is 0.503. The molecule has 0 spiro atoms. The predicted molar refractivity (Wildman–Crippen MR) is 73.5 cm³/mol. The summed E-state index contributed by atoms with van der Waals surface area (Å²) in [6.45, 7) is 1.81. The quantitative estimate of drug-likeness (QED) is 0.754. The SMILES string of the molecule is Cc1c(-c2nn(C)c(=O)o2)nn(-c2ccccc2)c1N. The van der Waals surface area contributed by atoms with Gasteiger partial charge in [-0.05, 0) is 19.1 Å². The highest BCUT2D eigenvalue weighted by atomic mass is 16.4. The fourth-order valence-corrected chi connectivity index (χ4v) is 1.92. The van der Waals surface area contributed by atoms with Crippen LogP contribution >= 0.6 is 0 Å². The van der Waals surface area contributed by atoms with Gasteiger partial charge in [-0.15, -0.1) is 5.10 Å². The summed E-state index contributed by atoms with van der Waals surface area (Å²) in [5, 5.41) is 8.38. The van der Waals surface area contributed by atoms with Gasteiger partial charge < -0.3 is 10.2 Å². The van der Waals surface area contributed by atoms with E-state index >= 15 is 0 Å². The van der Waals surface area contributed by atoms with E-state index in [1.807, 2.05) is 37.3 Å². The molecule has 2 heterocycles. The van der Waals surface area contributed by atoms with Crippen LogP contribution in [0.15, 0.2) is 39.5 Å². The molecule has 7 heteroatoms. The first-order valence-corrected chi connectivity index (χ1v) is 6.03. The van der Waals surface area contributed by atoms with E-state index in [9.17, 15) is 4.79 Å². The maximum absolute atomic E-state index is 11.4. The van der Waals surface area contributed by atoms with E-state index in [1.165, 1.54) is 7.05 Å². The van der Waals surface area contributed by atoms with Gasteiger partial charge in [0, 0.05) is 12.6 Å². The van der Waals surface area contributed by atoms with Gasteiger partial charge in [0.15, 0.2) is 5.69 Å². The van der Waals surface area contributed by atoms with Gasteiger partial charge in [0.05, 0.1) is 5.69 Å². The first-order chi connectivity index (χ1) is 9.58. The molecule has 3 rings (SSSR count). The molecule has 0 fully saturated rings. The number of hydrogen-bond acceptors (Lipinski definition) is 5. The molecule has 0 atom stereocenters. The molecule has 1 aromatic carbocycles. The van der Waals surface area contributed by atoms with E-state index in [2.05, 4.69) is 10.2 Å². The molecule has 0 amide bonds. The summed E-state index contributed by atoms with van der Waals surface area (Å²) in [6, 6.07) is 9.48. The Kier molecular flexibility index (Phi) is 2.67.